The number of hydrogen-bond donors (Lipinski definition) is 0. The Morgan fingerprint density at radius 1 is 1.44 bits per heavy atom. The van der Waals surface area contributed by atoms with Gasteiger partial charge in [-0.25, -0.2) is 8.78 Å². The summed E-state index contributed by atoms with van der Waals surface area (Å²) in [5.41, 5.74) is 0. The number of alkyl halides is 3. The molecule has 0 nitrogen and oxygen atoms in total. The fraction of sp³-hybridized carbons (Fsp3) is 1.00. The van der Waals surface area contributed by atoms with E-state index in [1.165, 1.54) is 6.92 Å². The van der Waals surface area contributed by atoms with E-state index in [4.69, 9.17) is 0 Å². The van der Waals surface area contributed by atoms with Crippen LogP contribution >= 0.6 is 15.9 Å². The van der Waals surface area contributed by atoms with E-state index in [1.807, 2.05) is 0 Å². The predicted octanol–water partition coefficient (Wildman–Crippen LogP) is 3.21. The van der Waals surface area contributed by atoms with Crippen LogP contribution in [0.3, 0.4) is 0 Å². The molecule has 0 saturated heterocycles. The molecule has 0 aromatic carbocycles. The molecule has 0 saturated carbocycles. The van der Waals surface area contributed by atoms with E-state index in [1.54, 1.807) is 0 Å². The van der Waals surface area contributed by atoms with Crippen LogP contribution in [0.4, 0.5) is 8.78 Å². The molecule has 0 aromatic heterocycles. The molecule has 0 rings (SSSR count). The van der Waals surface area contributed by atoms with Crippen LogP contribution in [0.5, 0.6) is 0 Å². The predicted molar refractivity (Wildman–Crippen MR) is 38.3 cm³/mol. The molecule has 0 unspecified atom stereocenters. The van der Waals surface area contributed by atoms with Crippen LogP contribution in [0.2, 0.25) is 0 Å². The van der Waals surface area contributed by atoms with Crippen molar-refractivity contribution in [3.63, 3.8) is 0 Å². The monoisotopic (exact) mass is 200 g/mol. The summed E-state index contributed by atoms with van der Waals surface area (Å²) >= 11 is 3.10. The van der Waals surface area contributed by atoms with Gasteiger partial charge in [-0.2, -0.15) is 0 Å². The lowest BCUT2D eigenvalue weighted by Gasteiger charge is -2.11. The molecule has 0 aliphatic carbocycles. The second kappa shape index (κ2) is 4.20. The van der Waals surface area contributed by atoms with Crippen LogP contribution in [0.1, 0.15) is 26.2 Å². The van der Waals surface area contributed by atoms with Crippen LogP contribution < -0.4 is 0 Å². The van der Waals surface area contributed by atoms with Crippen molar-refractivity contribution in [2.24, 2.45) is 0 Å². The number of hydrogen-bond acceptors (Lipinski definition) is 0. The maximum absolute atomic E-state index is 12.3. The third-order valence-corrected chi connectivity index (χ3v) is 1.75. The summed E-state index contributed by atoms with van der Waals surface area (Å²) in [6.45, 7) is 1.51. The first kappa shape index (κ1) is 9.34. The summed E-state index contributed by atoms with van der Waals surface area (Å²) in [5, 5.41) is 0.669. The number of rotatable bonds is 4. The lowest BCUT2D eigenvalue weighted by molar-refractivity contribution is -0.0116. The molecule has 0 aliphatic heterocycles. The highest BCUT2D eigenvalue weighted by Crippen LogP contribution is 2.23. The van der Waals surface area contributed by atoms with Crippen molar-refractivity contribution < 1.29 is 8.78 Å². The Kier molecular flexibility index (Phi) is 4.36. The smallest absolute Gasteiger partial charge is 0.207 e. The minimum Gasteiger partial charge on any atom is -0.207 e. The van der Waals surface area contributed by atoms with Crippen molar-refractivity contribution in [3.8, 4) is 0 Å². The molecule has 9 heavy (non-hydrogen) atoms. The molecule has 0 radical (unpaired) electrons. The van der Waals surface area contributed by atoms with Gasteiger partial charge < -0.3 is 0 Å². The second-order valence-electron chi connectivity index (χ2n) is 2.00. The van der Waals surface area contributed by atoms with Crippen LogP contribution in [-0.4, -0.2) is 11.3 Å². The maximum Gasteiger partial charge on any atom is 0.247 e. The van der Waals surface area contributed by atoms with Gasteiger partial charge in [0.25, 0.3) is 0 Å². The highest BCUT2D eigenvalue weighted by molar-refractivity contribution is 9.09. The van der Waals surface area contributed by atoms with E-state index in [9.17, 15) is 8.78 Å². The first-order valence-corrected chi connectivity index (χ1v) is 4.18. The van der Waals surface area contributed by atoms with Gasteiger partial charge >= 0.3 is 0 Å². The molecule has 0 spiro atoms. The Bertz CT molecular complexity index is 73.5. The van der Waals surface area contributed by atoms with Gasteiger partial charge in [0.15, 0.2) is 0 Å². The Morgan fingerprint density at radius 2 is 2.00 bits per heavy atom. The fourth-order valence-corrected chi connectivity index (χ4v) is 0.783. The molecule has 0 aliphatic rings. The van der Waals surface area contributed by atoms with Crippen molar-refractivity contribution in [3.05, 3.63) is 0 Å². The lowest BCUT2D eigenvalue weighted by Crippen LogP contribution is -2.13. The Morgan fingerprint density at radius 3 is 2.33 bits per heavy atom. The van der Waals surface area contributed by atoms with Crippen molar-refractivity contribution in [1.29, 1.82) is 0 Å². The van der Waals surface area contributed by atoms with E-state index < -0.39 is 5.92 Å². The van der Waals surface area contributed by atoms with Gasteiger partial charge in [0.05, 0.1) is 0 Å². The summed E-state index contributed by atoms with van der Waals surface area (Å²) in [4.78, 5) is 0. The molecule has 0 bridgehead atoms. The van der Waals surface area contributed by atoms with Crippen LogP contribution in [0.25, 0.3) is 0 Å². The van der Waals surface area contributed by atoms with Gasteiger partial charge in [-0.05, 0) is 6.42 Å². The molecule has 0 N–H and O–H groups in total. The SMILES string of the molecule is CCC(F)(F)CCCBr. The average Bonchev–Trinajstić information content (AvgIpc) is 1.84. The normalized spacial score (nSPS) is 12.0. The van der Waals surface area contributed by atoms with E-state index in [-0.39, 0.29) is 12.8 Å². The van der Waals surface area contributed by atoms with Gasteiger partial charge in [-0.15, -0.1) is 0 Å². The average molecular weight is 201 g/mol. The van der Waals surface area contributed by atoms with Gasteiger partial charge in [-0.3, -0.25) is 0 Å². The molecular formula is C6H11BrF2. The Labute approximate surface area is 62.8 Å². The largest absolute Gasteiger partial charge is 0.247 e. The summed E-state index contributed by atoms with van der Waals surface area (Å²) in [6, 6.07) is 0. The molecule has 0 fully saturated rings. The van der Waals surface area contributed by atoms with Crippen LogP contribution in [0, 0.1) is 0 Å². The van der Waals surface area contributed by atoms with E-state index in [0.717, 1.165) is 0 Å². The zero-order valence-electron chi connectivity index (χ0n) is 5.46. The molecule has 3 heteroatoms. The number of halogens is 3. The highest BCUT2D eigenvalue weighted by atomic mass is 79.9. The van der Waals surface area contributed by atoms with Gasteiger partial charge in [0.1, 0.15) is 0 Å². The van der Waals surface area contributed by atoms with Crippen LogP contribution in [0.15, 0.2) is 0 Å². The first-order valence-electron chi connectivity index (χ1n) is 3.06. The van der Waals surface area contributed by atoms with Crippen molar-refractivity contribution in [1.82, 2.24) is 0 Å². The topological polar surface area (TPSA) is 0 Å². The molecule has 0 amide bonds. The summed E-state index contributed by atoms with van der Waals surface area (Å²) in [7, 11) is 0. The molecule has 0 atom stereocenters. The molecular weight excluding hydrogens is 190 g/mol. The van der Waals surface area contributed by atoms with Crippen LogP contribution in [-0.2, 0) is 0 Å². The first-order chi connectivity index (χ1) is 4.12. The van der Waals surface area contributed by atoms with Crippen molar-refractivity contribution in [2.45, 2.75) is 32.1 Å². The lowest BCUT2D eigenvalue weighted by atomic mass is 10.1. The van der Waals surface area contributed by atoms with Gasteiger partial charge in [0, 0.05) is 18.2 Å². The third-order valence-electron chi connectivity index (χ3n) is 1.19. The maximum atomic E-state index is 12.3. The zero-order chi connectivity index (χ0) is 7.33. The minimum absolute atomic E-state index is 0.00868. The Hall–Kier alpha value is 0.340. The Balaban J connectivity index is 3.33. The van der Waals surface area contributed by atoms with E-state index in [0.29, 0.717) is 11.8 Å². The zero-order valence-corrected chi connectivity index (χ0v) is 7.05. The van der Waals surface area contributed by atoms with Gasteiger partial charge in [-0.1, -0.05) is 22.9 Å². The third kappa shape index (κ3) is 4.82. The quantitative estimate of drug-likeness (QED) is 0.612. The van der Waals surface area contributed by atoms with E-state index >= 15 is 0 Å². The minimum atomic E-state index is -2.44. The summed E-state index contributed by atoms with van der Waals surface area (Å²) in [5.74, 6) is -2.44. The van der Waals surface area contributed by atoms with Crippen molar-refractivity contribution in [2.75, 3.05) is 5.33 Å². The van der Waals surface area contributed by atoms with Crippen molar-refractivity contribution >= 4 is 15.9 Å². The molecule has 0 heterocycles. The fourth-order valence-electron chi connectivity index (χ4n) is 0.502. The highest BCUT2D eigenvalue weighted by Gasteiger charge is 2.24. The van der Waals surface area contributed by atoms with E-state index in [2.05, 4.69) is 15.9 Å². The molecule has 56 valence electrons. The summed E-state index contributed by atoms with van der Waals surface area (Å²) in [6.07, 6.45) is 0.523. The second-order valence-corrected chi connectivity index (χ2v) is 2.80. The van der Waals surface area contributed by atoms with Gasteiger partial charge in [0.2, 0.25) is 5.92 Å². The summed E-state index contributed by atoms with van der Waals surface area (Å²) < 4.78 is 24.6. The molecule has 0 aromatic rings. The standard InChI is InChI=1S/C6H11BrF2/c1-2-6(8,9)4-3-5-7/h2-5H2,1H3.